The molecule has 1 saturated heterocycles. The lowest BCUT2D eigenvalue weighted by atomic mass is 10.1. The standard InChI is InChI=1S/C23H23N5O4S2/c1-2-15-7-9-17(10-8-15)27-21(30)18-5-3-4-6-19(18)28-22(27)25-26-23(28)33-13-20(29)24-16-11-12-34(31,32)14-16/h3-10,16H,2,11-14H2,1H3,(H,24,29). The SMILES string of the molecule is CCc1ccc(-n2c(=O)c3ccccc3n3c(SCC(=O)NC4CCS(=O)(=O)C4)nnc23)cc1. The smallest absolute Gasteiger partial charge is 0.267 e. The molecule has 1 N–H and O–H groups in total. The van der Waals surface area contributed by atoms with Gasteiger partial charge in [0.1, 0.15) is 0 Å². The van der Waals surface area contributed by atoms with Gasteiger partial charge in [0.2, 0.25) is 11.7 Å². The van der Waals surface area contributed by atoms with Crippen molar-refractivity contribution in [2.24, 2.45) is 0 Å². The quantitative estimate of drug-likeness (QED) is 0.405. The molecule has 1 unspecified atom stereocenters. The number of aromatic nitrogens is 4. The summed E-state index contributed by atoms with van der Waals surface area (Å²) >= 11 is 1.19. The van der Waals surface area contributed by atoms with Crippen molar-refractivity contribution in [2.75, 3.05) is 17.3 Å². The first-order valence-electron chi connectivity index (χ1n) is 11.0. The Labute approximate surface area is 200 Å². The molecule has 1 atom stereocenters. The van der Waals surface area contributed by atoms with Crippen LogP contribution in [0.1, 0.15) is 18.9 Å². The van der Waals surface area contributed by atoms with Crippen LogP contribution in [0.25, 0.3) is 22.4 Å². The lowest BCUT2D eigenvalue weighted by Gasteiger charge is -2.12. The van der Waals surface area contributed by atoms with Gasteiger partial charge >= 0.3 is 0 Å². The van der Waals surface area contributed by atoms with Crippen LogP contribution in [0.3, 0.4) is 0 Å². The molecule has 5 rings (SSSR count). The van der Waals surface area contributed by atoms with Crippen molar-refractivity contribution in [3.63, 3.8) is 0 Å². The van der Waals surface area contributed by atoms with Gasteiger partial charge in [0.25, 0.3) is 5.56 Å². The van der Waals surface area contributed by atoms with E-state index < -0.39 is 9.84 Å². The van der Waals surface area contributed by atoms with E-state index in [4.69, 9.17) is 0 Å². The van der Waals surface area contributed by atoms with Gasteiger partial charge in [0, 0.05) is 6.04 Å². The van der Waals surface area contributed by atoms with E-state index in [1.54, 1.807) is 16.5 Å². The fraction of sp³-hybridized carbons (Fsp3) is 0.304. The fourth-order valence-corrected chi connectivity index (χ4v) is 6.62. The molecule has 1 fully saturated rings. The van der Waals surface area contributed by atoms with Gasteiger partial charge in [-0.15, -0.1) is 10.2 Å². The molecule has 0 radical (unpaired) electrons. The van der Waals surface area contributed by atoms with Crippen LogP contribution in [0.5, 0.6) is 0 Å². The average molecular weight is 498 g/mol. The van der Waals surface area contributed by atoms with Crippen molar-refractivity contribution in [1.82, 2.24) is 24.5 Å². The number of nitrogens with one attached hydrogen (secondary N) is 1. The molecule has 2 aromatic carbocycles. The molecular formula is C23H23N5O4S2. The molecule has 4 aromatic rings. The Morgan fingerprint density at radius 3 is 2.62 bits per heavy atom. The third kappa shape index (κ3) is 4.21. The van der Waals surface area contributed by atoms with Gasteiger partial charge < -0.3 is 5.32 Å². The highest BCUT2D eigenvalue weighted by atomic mass is 32.2. The third-order valence-electron chi connectivity index (χ3n) is 5.93. The molecule has 176 valence electrons. The predicted molar refractivity (Wildman–Crippen MR) is 131 cm³/mol. The Bertz CT molecular complexity index is 1560. The van der Waals surface area contributed by atoms with Gasteiger partial charge in [0.15, 0.2) is 15.0 Å². The van der Waals surface area contributed by atoms with Crippen molar-refractivity contribution >= 4 is 44.2 Å². The average Bonchev–Trinajstić information content (AvgIpc) is 3.40. The molecule has 3 heterocycles. The summed E-state index contributed by atoms with van der Waals surface area (Å²) in [5.41, 5.74) is 2.30. The van der Waals surface area contributed by atoms with Gasteiger partial charge in [-0.05, 0) is 42.7 Å². The number of thioether (sulfide) groups is 1. The van der Waals surface area contributed by atoms with Gasteiger partial charge in [-0.1, -0.05) is 43.0 Å². The molecule has 9 nitrogen and oxygen atoms in total. The number of carbonyl (C=O) groups is 1. The van der Waals surface area contributed by atoms with Crippen LogP contribution in [0.15, 0.2) is 58.5 Å². The van der Waals surface area contributed by atoms with E-state index in [-0.39, 0.29) is 34.8 Å². The minimum absolute atomic E-state index is 0.0228. The first kappa shape index (κ1) is 22.6. The molecule has 11 heteroatoms. The van der Waals surface area contributed by atoms with Crippen LogP contribution in [-0.2, 0) is 21.1 Å². The molecule has 0 spiro atoms. The first-order chi connectivity index (χ1) is 16.4. The summed E-state index contributed by atoms with van der Waals surface area (Å²) in [5.74, 6) is 0.221. The summed E-state index contributed by atoms with van der Waals surface area (Å²) in [6.45, 7) is 2.07. The van der Waals surface area contributed by atoms with E-state index in [2.05, 4.69) is 22.4 Å². The Hall–Kier alpha value is -3.18. The predicted octanol–water partition coefficient (Wildman–Crippen LogP) is 1.99. The van der Waals surface area contributed by atoms with Crippen molar-refractivity contribution < 1.29 is 13.2 Å². The molecule has 34 heavy (non-hydrogen) atoms. The van der Waals surface area contributed by atoms with Gasteiger partial charge in [0.05, 0.1) is 33.8 Å². The molecule has 0 aliphatic carbocycles. The van der Waals surface area contributed by atoms with E-state index in [1.165, 1.54) is 16.3 Å². The second-order valence-corrected chi connectivity index (χ2v) is 11.4. The Balaban J connectivity index is 1.51. The zero-order valence-corrected chi connectivity index (χ0v) is 20.1. The number of hydrogen-bond donors (Lipinski definition) is 1. The number of para-hydroxylation sites is 1. The molecule has 1 aliphatic rings. The molecule has 0 bridgehead atoms. The number of rotatable bonds is 6. The van der Waals surface area contributed by atoms with Gasteiger partial charge in [-0.25, -0.2) is 13.0 Å². The number of hydrogen-bond acceptors (Lipinski definition) is 7. The number of benzene rings is 2. The van der Waals surface area contributed by atoms with Crippen LogP contribution in [0.4, 0.5) is 0 Å². The van der Waals surface area contributed by atoms with Crippen LogP contribution >= 0.6 is 11.8 Å². The Kier molecular flexibility index (Phi) is 5.90. The zero-order chi connectivity index (χ0) is 23.9. The topological polar surface area (TPSA) is 115 Å². The third-order valence-corrected chi connectivity index (χ3v) is 8.62. The fourth-order valence-electron chi connectivity index (χ4n) is 4.19. The zero-order valence-electron chi connectivity index (χ0n) is 18.5. The summed E-state index contributed by atoms with van der Waals surface area (Å²) in [6, 6.07) is 14.6. The second kappa shape index (κ2) is 8.88. The highest BCUT2D eigenvalue weighted by molar-refractivity contribution is 7.99. The number of fused-ring (bicyclic) bond motifs is 3. The highest BCUT2D eigenvalue weighted by Crippen LogP contribution is 2.23. The lowest BCUT2D eigenvalue weighted by Crippen LogP contribution is -2.36. The normalized spacial score (nSPS) is 17.4. The first-order valence-corrected chi connectivity index (χ1v) is 13.8. The number of carbonyl (C=O) groups excluding carboxylic acids is 1. The van der Waals surface area contributed by atoms with Crippen molar-refractivity contribution in [3.05, 3.63) is 64.4 Å². The van der Waals surface area contributed by atoms with E-state index in [0.717, 1.165) is 12.0 Å². The van der Waals surface area contributed by atoms with Crippen LogP contribution in [0, 0.1) is 0 Å². The van der Waals surface area contributed by atoms with Gasteiger partial charge in [-0.3, -0.25) is 14.0 Å². The molecular weight excluding hydrogens is 474 g/mol. The minimum atomic E-state index is -3.07. The van der Waals surface area contributed by atoms with E-state index in [9.17, 15) is 18.0 Å². The lowest BCUT2D eigenvalue weighted by molar-refractivity contribution is -0.119. The van der Waals surface area contributed by atoms with Crippen LogP contribution in [0.2, 0.25) is 0 Å². The van der Waals surface area contributed by atoms with Crippen molar-refractivity contribution in [3.8, 4) is 5.69 Å². The maximum absolute atomic E-state index is 13.4. The Morgan fingerprint density at radius 2 is 1.91 bits per heavy atom. The number of aryl methyl sites for hydroxylation is 1. The highest BCUT2D eigenvalue weighted by Gasteiger charge is 2.29. The summed E-state index contributed by atoms with van der Waals surface area (Å²) in [6.07, 6.45) is 1.32. The molecule has 1 amide bonds. The number of sulfone groups is 1. The molecule has 0 saturated carbocycles. The van der Waals surface area contributed by atoms with Crippen LogP contribution in [-0.4, -0.2) is 56.8 Å². The minimum Gasteiger partial charge on any atom is -0.352 e. The van der Waals surface area contributed by atoms with Crippen LogP contribution < -0.4 is 10.9 Å². The van der Waals surface area contributed by atoms with E-state index in [1.807, 2.05) is 36.4 Å². The Morgan fingerprint density at radius 1 is 1.15 bits per heavy atom. The van der Waals surface area contributed by atoms with E-state index >= 15 is 0 Å². The van der Waals surface area contributed by atoms with Gasteiger partial charge in [-0.2, -0.15) is 0 Å². The summed E-state index contributed by atoms with van der Waals surface area (Å²) in [5, 5.41) is 12.3. The van der Waals surface area contributed by atoms with E-state index in [0.29, 0.717) is 33.9 Å². The number of nitrogens with zero attached hydrogens (tertiary/aromatic N) is 4. The summed E-state index contributed by atoms with van der Waals surface area (Å²) in [4.78, 5) is 25.8. The maximum Gasteiger partial charge on any atom is 0.267 e. The summed E-state index contributed by atoms with van der Waals surface area (Å²) in [7, 11) is -3.07. The monoisotopic (exact) mass is 497 g/mol. The molecule has 1 aliphatic heterocycles. The van der Waals surface area contributed by atoms with Crippen molar-refractivity contribution in [2.45, 2.75) is 31.0 Å². The maximum atomic E-state index is 13.4. The second-order valence-electron chi connectivity index (χ2n) is 8.25. The number of amides is 1. The summed E-state index contributed by atoms with van der Waals surface area (Å²) < 4.78 is 26.6. The molecule has 2 aromatic heterocycles. The van der Waals surface area contributed by atoms with Crippen molar-refractivity contribution in [1.29, 1.82) is 0 Å². The largest absolute Gasteiger partial charge is 0.352 e.